The summed E-state index contributed by atoms with van der Waals surface area (Å²) in [6.45, 7) is 1.93. The van der Waals surface area contributed by atoms with Gasteiger partial charge in [-0.1, -0.05) is 24.3 Å². The van der Waals surface area contributed by atoms with Crippen molar-refractivity contribution in [3.05, 3.63) is 75.3 Å². The molecular formula is C16H15NO3. The van der Waals surface area contributed by atoms with E-state index in [2.05, 4.69) is 0 Å². The standard InChI is InChI=1S/C16H15NO3/c1-12-5-8-14(16(18)11-12)4-2-3-13-6-9-15(10-7-13)17(19)20/h2-3,5-11,18H,4H2,1H3/b3-2+. The molecule has 0 atom stereocenters. The summed E-state index contributed by atoms with van der Waals surface area (Å²) in [6, 6.07) is 11.9. The lowest BCUT2D eigenvalue weighted by Gasteiger charge is -2.02. The minimum Gasteiger partial charge on any atom is -0.508 e. The number of aryl methyl sites for hydroxylation is 1. The summed E-state index contributed by atoms with van der Waals surface area (Å²) in [4.78, 5) is 10.1. The number of nitro benzene ring substituents is 1. The van der Waals surface area contributed by atoms with Crippen molar-refractivity contribution in [3.8, 4) is 5.75 Å². The molecule has 0 unspecified atom stereocenters. The molecule has 2 rings (SSSR count). The monoisotopic (exact) mass is 269 g/mol. The average molecular weight is 269 g/mol. The molecule has 0 radical (unpaired) electrons. The molecule has 0 saturated carbocycles. The van der Waals surface area contributed by atoms with Crippen LogP contribution < -0.4 is 0 Å². The molecule has 102 valence electrons. The molecule has 1 N–H and O–H groups in total. The van der Waals surface area contributed by atoms with E-state index >= 15 is 0 Å². The topological polar surface area (TPSA) is 63.4 Å². The summed E-state index contributed by atoms with van der Waals surface area (Å²) < 4.78 is 0. The van der Waals surface area contributed by atoms with Crippen LogP contribution in [0.5, 0.6) is 5.75 Å². The Morgan fingerprint density at radius 2 is 1.90 bits per heavy atom. The van der Waals surface area contributed by atoms with Crippen LogP contribution in [0.15, 0.2) is 48.5 Å². The summed E-state index contributed by atoms with van der Waals surface area (Å²) in [7, 11) is 0. The van der Waals surface area contributed by atoms with Crippen LogP contribution >= 0.6 is 0 Å². The van der Waals surface area contributed by atoms with Crippen molar-refractivity contribution in [2.45, 2.75) is 13.3 Å². The van der Waals surface area contributed by atoms with Crippen molar-refractivity contribution < 1.29 is 10.0 Å². The van der Waals surface area contributed by atoms with Crippen LogP contribution in [-0.4, -0.2) is 10.0 Å². The number of benzene rings is 2. The molecule has 0 heterocycles. The molecule has 2 aromatic carbocycles. The minimum atomic E-state index is -0.419. The Morgan fingerprint density at radius 3 is 2.50 bits per heavy atom. The number of phenolic OH excluding ortho intramolecular Hbond substituents is 1. The van der Waals surface area contributed by atoms with Gasteiger partial charge in [0.05, 0.1) is 4.92 Å². The third-order valence-electron chi connectivity index (χ3n) is 2.99. The number of aromatic hydroxyl groups is 1. The summed E-state index contributed by atoms with van der Waals surface area (Å²) >= 11 is 0. The highest BCUT2D eigenvalue weighted by Gasteiger charge is 2.02. The van der Waals surface area contributed by atoms with Crippen molar-refractivity contribution in [3.63, 3.8) is 0 Å². The van der Waals surface area contributed by atoms with E-state index in [1.807, 2.05) is 31.2 Å². The normalized spacial score (nSPS) is 10.8. The minimum absolute atomic E-state index is 0.0818. The van der Waals surface area contributed by atoms with E-state index in [9.17, 15) is 15.2 Å². The lowest BCUT2D eigenvalue weighted by molar-refractivity contribution is -0.384. The fraction of sp³-hybridized carbons (Fsp3) is 0.125. The third-order valence-corrected chi connectivity index (χ3v) is 2.99. The van der Waals surface area contributed by atoms with E-state index in [0.29, 0.717) is 12.2 Å². The highest BCUT2D eigenvalue weighted by molar-refractivity contribution is 5.52. The van der Waals surface area contributed by atoms with Crippen LogP contribution in [0.1, 0.15) is 16.7 Å². The molecule has 0 spiro atoms. The maximum atomic E-state index is 10.5. The first kappa shape index (κ1) is 13.8. The number of rotatable bonds is 4. The summed E-state index contributed by atoms with van der Waals surface area (Å²) in [5.41, 5.74) is 2.85. The van der Waals surface area contributed by atoms with Crippen LogP contribution in [0.25, 0.3) is 6.08 Å². The zero-order valence-electron chi connectivity index (χ0n) is 11.1. The maximum absolute atomic E-state index is 10.5. The Kier molecular flexibility index (Phi) is 4.15. The zero-order valence-corrected chi connectivity index (χ0v) is 11.1. The zero-order chi connectivity index (χ0) is 14.5. The number of allylic oxidation sites excluding steroid dienone is 1. The Morgan fingerprint density at radius 1 is 1.20 bits per heavy atom. The predicted octanol–water partition coefficient (Wildman–Crippen LogP) is 3.86. The molecule has 0 aliphatic heterocycles. The van der Waals surface area contributed by atoms with E-state index in [4.69, 9.17) is 0 Å². The molecule has 2 aromatic rings. The number of non-ortho nitro benzene ring substituents is 1. The van der Waals surface area contributed by atoms with Gasteiger partial charge in [-0.05, 0) is 48.2 Å². The van der Waals surface area contributed by atoms with E-state index in [-0.39, 0.29) is 5.69 Å². The van der Waals surface area contributed by atoms with Gasteiger partial charge in [-0.3, -0.25) is 10.1 Å². The first-order valence-corrected chi connectivity index (χ1v) is 6.26. The Labute approximate surface area is 117 Å². The van der Waals surface area contributed by atoms with Gasteiger partial charge in [0.25, 0.3) is 5.69 Å². The highest BCUT2D eigenvalue weighted by atomic mass is 16.6. The maximum Gasteiger partial charge on any atom is 0.269 e. The van der Waals surface area contributed by atoms with Gasteiger partial charge in [0, 0.05) is 12.1 Å². The molecule has 0 amide bonds. The summed E-state index contributed by atoms with van der Waals surface area (Å²) in [5, 5.41) is 20.3. The highest BCUT2D eigenvalue weighted by Crippen LogP contribution is 2.20. The molecule has 0 saturated heterocycles. The third kappa shape index (κ3) is 3.45. The first-order valence-electron chi connectivity index (χ1n) is 6.26. The molecule has 0 fully saturated rings. The quantitative estimate of drug-likeness (QED) is 0.677. The van der Waals surface area contributed by atoms with Gasteiger partial charge in [0.1, 0.15) is 5.75 Å². The van der Waals surface area contributed by atoms with Gasteiger partial charge < -0.3 is 5.11 Å². The molecule has 4 nitrogen and oxygen atoms in total. The Balaban J connectivity index is 2.04. The number of phenols is 1. The van der Waals surface area contributed by atoms with E-state index in [1.54, 1.807) is 18.2 Å². The van der Waals surface area contributed by atoms with Gasteiger partial charge >= 0.3 is 0 Å². The van der Waals surface area contributed by atoms with E-state index < -0.39 is 4.92 Å². The van der Waals surface area contributed by atoms with Crippen LogP contribution in [0.2, 0.25) is 0 Å². The second-order valence-electron chi connectivity index (χ2n) is 4.59. The molecular weight excluding hydrogens is 254 g/mol. The number of hydrogen-bond donors (Lipinski definition) is 1. The van der Waals surface area contributed by atoms with Gasteiger partial charge in [-0.25, -0.2) is 0 Å². The van der Waals surface area contributed by atoms with Crippen LogP contribution in [0.4, 0.5) is 5.69 Å². The number of nitrogens with zero attached hydrogens (tertiary/aromatic N) is 1. The smallest absolute Gasteiger partial charge is 0.269 e. The van der Waals surface area contributed by atoms with Crippen molar-refractivity contribution in [1.29, 1.82) is 0 Å². The van der Waals surface area contributed by atoms with E-state index in [0.717, 1.165) is 16.7 Å². The Bertz CT molecular complexity index is 645. The lowest BCUT2D eigenvalue weighted by atomic mass is 10.1. The van der Waals surface area contributed by atoms with Gasteiger partial charge in [0.2, 0.25) is 0 Å². The van der Waals surface area contributed by atoms with Crippen LogP contribution in [-0.2, 0) is 6.42 Å². The fourth-order valence-electron chi connectivity index (χ4n) is 1.88. The average Bonchev–Trinajstić information content (AvgIpc) is 2.42. The molecule has 0 bridgehead atoms. The second kappa shape index (κ2) is 6.02. The van der Waals surface area contributed by atoms with Crippen molar-refractivity contribution in [2.75, 3.05) is 0 Å². The Hall–Kier alpha value is -2.62. The SMILES string of the molecule is Cc1ccc(C/C=C/c2ccc([N+](=O)[O-])cc2)c(O)c1. The molecule has 0 aromatic heterocycles. The summed E-state index contributed by atoms with van der Waals surface area (Å²) in [6.07, 6.45) is 4.41. The largest absolute Gasteiger partial charge is 0.508 e. The predicted molar refractivity (Wildman–Crippen MR) is 78.7 cm³/mol. The van der Waals surface area contributed by atoms with Crippen molar-refractivity contribution in [2.24, 2.45) is 0 Å². The first-order chi connectivity index (χ1) is 9.56. The number of nitro groups is 1. The van der Waals surface area contributed by atoms with Crippen LogP contribution in [0.3, 0.4) is 0 Å². The number of hydrogen-bond acceptors (Lipinski definition) is 3. The van der Waals surface area contributed by atoms with Crippen molar-refractivity contribution in [1.82, 2.24) is 0 Å². The van der Waals surface area contributed by atoms with Gasteiger partial charge in [-0.2, -0.15) is 0 Å². The molecule has 4 heteroatoms. The lowest BCUT2D eigenvalue weighted by Crippen LogP contribution is -1.87. The van der Waals surface area contributed by atoms with Gasteiger partial charge in [0.15, 0.2) is 0 Å². The van der Waals surface area contributed by atoms with Crippen molar-refractivity contribution >= 4 is 11.8 Å². The molecule has 0 aliphatic rings. The van der Waals surface area contributed by atoms with E-state index in [1.165, 1.54) is 12.1 Å². The molecule has 20 heavy (non-hydrogen) atoms. The van der Waals surface area contributed by atoms with Crippen LogP contribution in [0, 0.1) is 17.0 Å². The second-order valence-corrected chi connectivity index (χ2v) is 4.59. The van der Waals surface area contributed by atoms with Gasteiger partial charge in [-0.15, -0.1) is 0 Å². The summed E-state index contributed by atoms with van der Waals surface area (Å²) in [5.74, 6) is 0.290. The fourth-order valence-corrected chi connectivity index (χ4v) is 1.88. The molecule has 0 aliphatic carbocycles.